The molecule has 0 saturated carbocycles. The Morgan fingerprint density at radius 1 is 1.00 bits per heavy atom. The van der Waals surface area contributed by atoms with E-state index in [0.29, 0.717) is 35.8 Å². The fourth-order valence-corrected chi connectivity index (χ4v) is 5.85. The zero-order chi connectivity index (χ0) is 28.5. The first-order chi connectivity index (χ1) is 20.0. The molecule has 0 bridgehead atoms. The third kappa shape index (κ3) is 4.80. The number of aromatic amines is 1. The number of carbonyl (C=O) groups is 1. The molecule has 0 aliphatic carbocycles. The second-order valence-electron chi connectivity index (χ2n) is 10.2. The normalized spacial score (nSPS) is 12.9. The van der Waals surface area contributed by atoms with Crippen molar-refractivity contribution in [2.75, 3.05) is 27.9 Å². The largest absolute Gasteiger partial charge is 0.497 e. The lowest BCUT2D eigenvalue weighted by Gasteiger charge is -2.23. The zero-order valence-electron chi connectivity index (χ0n) is 23.4. The number of aryl methyl sites for hydroxylation is 1. The maximum Gasteiger partial charge on any atom is 0.253 e. The third-order valence-electron chi connectivity index (χ3n) is 7.87. The zero-order valence-corrected chi connectivity index (χ0v) is 23.4. The first-order valence-electron chi connectivity index (χ1n) is 13.6. The summed E-state index contributed by atoms with van der Waals surface area (Å²) in [4.78, 5) is 17.3. The maximum atomic E-state index is 14.0. The van der Waals surface area contributed by atoms with Gasteiger partial charge in [0, 0.05) is 40.5 Å². The summed E-state index contributed by atoms with van der Waals surface area (Å²) in [6.07, 6.45) is 3.21. The predicted molar refractivity (Wildman–Crippen MR) is 159 cm³/mol. The lowest BCUT2D eigenvalue weighted by atomic mass is 9.97. The number of aliphatic hydroxyl groups is 1. The monoisotopic (exact) mass is 551 g/mol. The number of benzene rings is 3. The van der Waals surface area contributed by atoms with Crippen LogP contribution in [-0.2, 0) is 19.4 Å². The summed E-state index contributed by atoms with van der Waals surface area (Å²) >= 11 is 0. The Morgan fingerprint density at radius 3 is 2.59 bits per heavy atom. The van der Waals surface area contributed by atoms with Gasteiger partial charge in [-0.1, -0.05) is 30.3 Å². The van der Waals surface area contributed by atoms with E-state index in [1.165, 1.54) is 0 Å². The number of H-pyrrole nitrogens is 1. The van der Waals surface area contributed by atoms with Gasteiger partial charge in [-0.15, -0.1) is 0 Å². The molecule has 0 fully saturated rings. The van der Waals surface area contributed by atoms with Gasteiger partial charge in [0.05, 0.1) is 45.2 Å². The van der Waals surface area contributed by atoms with Crippen molar-refractivity contribution in [1.29, 1.82) is 0 Å². The number of para-hydroxylation sites is 1. The third-order valence-corrected chi connectivity index (χ3v) is 7.87. The van der Waals surface area contributed by atoms with E-state index >= 15 is 0 Å². The van der Waals surface area contributed by atoms with Gasteiger partial charge in [-0.3, -0.25) is 4.79 Å². The average Bonchev–Trinajstić information content (AvgIpc) is 3.62. The lowest BCUT2D eigenvalue weighted by molar-refractivity contribution is 0.0917. The van der Waals surface area contributed by atoms with Crippen LogP contribution in [0, 0.1) is 0 Å². The minimum absolute atomic E-state index is 0.187. The van der Waals surface area contributed by atoms with Crippen LogP contribution in [-0.4, -0.2) is 54.5 Å². The topological polar surface area (TPSA) is 97.7 Å². The number of amides is 1. The van der Waals surface area contributed by atoms with E-state index < -0.39 is 6.04 Å². The van der Waals surface area contributed by atoms with Crippen molar-refractivity contribution >= 4 is 16.8 Å². The summed E-state index contributed by atoms with van der Waals surface area (Å²) in [7, 11) is 4.88. The molecule has 0 radical (unpaired) electrons. The molecule has 3 N–H and O–H groups in total. The van der Waals surface area contributed by atoms with Gasteiger partial charge >= 0.3 is 0 Å². The highest BCUT2D eigenvalue weighted by molar-refractivity contribution is 6.02. The molecule has 3 heterocycles. The molecule has 1 aliphatic rings. The second-order valence-corrected chi connectivity index (χ2v) is 10.2. The molecule has 8 heteroatoms. The molecule has 8 nitrogen and oxygen atoms in total. The van der Waals surface area contributed by atoms with E-state index in [1.807, 2.05) is 72.9 Å². The Morgan fingerprint density at radius 2 is 1.80 bits per heavy atom. The van der Waals surface area contributed by atoms with Crippen molar-refractivity contribution in [2.24, 2.45) is 0 Å². The molecule has 1 atom stereocenters. The average molecular weight is 552 g/mol. The molecular formula is C33H33N3O5. The van der Waals surface area contributed by atoms with Crippen LogP contribution in [0.2, 0.25) is 0 Å². The SMILES string of the molecule is COc1cccc(-c2c(C(=O)N[C@@H](CO)Cc3c[nH]c4ccccc34)cc3n2CCc2cc(OC)c(OC)cc2-3)c1. The van der Waals surface area contributed by atoms with Gasteiger partial charge in [0.1, 0.15) is 5.75 Å². The summed E-state index contributed by atoms with van der Waals surface area (Å²) < 4.78 is 18.8. The summed E-state index contributed by atoms with van der Waals surface area (Å²) in [6, 6.07) is 21.2. The molecule has 0 unspecified atom stereocenters. The number of rotatable bonds is 9. The smallest absolute Gasteiger partial charge is 0.253 e. The lowest BCUT2D eigenvalue weighted by Crippen LogP contribution is -2.39. The van der Waals surface area contributed by atoms with E-state index in [1.54, 1.807) is 21.3 Å². The fraction of sp³-hybridized carbons (Fsp3) is 0.242. The number of carbonyl (C=O) groups excluding carboxylic acids is 1. The van der Waals surface area contributed by atoms with Crippen molar-refractivity contribution < 1.29 is 24.1 Å². The molecule has 5 aromatic rings. The molecular weight excluding hydrogens is 518 g/mol. The molecule has 41 heavy (non-hydrogen) atoms. The Hall–Kier alpha value is -4.69. The molecule has 2 aromatic heterocycles. The molecule has 1 aliphatic heterocycles. The van der Waals surface area contributed by atoms with E-state index in [2.05, 4.69) is 14.9 Å². The quantitative estimate of drug-likeness (QED) is 0.233. The van der Waals surface area contributed by atoms with Gasteiger partial charge in [0.2, 0.25) is 0 Å². The summed E-state index contributed by atoms with van der Waals surface area (Å²) in [5, 5.41) is 14.5. The van der Waals surface area contributed by atoms with Crippen LogP contribution in [0.3, 0.4) is 0 Å². The Balaban J connectivity index is 1.41. The molecule has 210 valence electrons. The van der Waals surface area contributed by atoms with Crippen LogP contribution < -0.4 is 19.5 Å². The first-order valence-corrected chi connectivity index (χ1v) is 13.6. The molecule has 1 amide bonds. The van der Waals surface area contributed by atoms with Crippen molar-refractivity contribution in [3.8, 4) is 39.8 Å². The van der Waals surface area contributed by atoms with Gasteiger partial charge in [-0.25, -0.2) is 0 Å². The molecule has 0 spiro atoms. The van der Waals surface area contributed by atoms with Crippen molar-refractivity contribution in [2.45, 2.75) is 25.4 Å². The number of hydrogen-bond acceptors (Lipinski definition) is 5. The van der Waals surface area contributed by atoms with Gasteiger partial charge in [0.25, 0.3) is 5.91 Å². The number of methoxy groups -OCH3 is 3. The van der Waals surface area contributed by atoms with Gasteiger partial charge in [0.15, 0.2) is 11.5 Å². The number of fused-ring (bicyclic) bond motifs is 4. The van der Waals surface area contributed by atoms with E-state index in [4.69, 9.17) is 14.2 Å². The number of ether oxygens (including phenoxy) is 3. The van der Waals surface area contributed by atoms with Crippen LogP contribution in [0.25, 0.3) is 33.4 Å². The molecule has 6 rings (SSSR count). The highest BCUT2D eigenvalue weighted by Crippen LogP contribution is 2.42. The van der Waals surface area contributed by atoms with Crippen molar-refractivity contribution in [1.82, 2.24) is 14.9 Å². The standard InChI is InChI=1S/C33H33N3O5/c1-39-24-8-6-7-21(14-24)32-27(16-29-26-17-31(41-3)30(40-2)15-20(26)11-12-36(29)32)33(38)35-23(19-37)13-22-18-34-28-10-5-4-9-25(22)28/h4-10,14-18,23,34,37H,11-13,19H2,1-3H3,(H,35,38)/t23-/m1/s1. The minimum Gasteiger partial charge on any atom is -0.497 e. The number of nitrogens with one attached hydrogen (secondary N) is 2. The summed E-state index contributed by atoms with van der Waals surface area (Å²) in [5.41, 5.74) is 7.33. The second kappa shape index (κ2) is 11.1. The number of aromatic nitrogens is 2. The van der Waals surface area contributed by atoms with Crippen LogP contribution >= 0.6 is 0 Å². The maximum absolute atomic E-state index is 14.0. The van der Waals surface area contributed by atoms with Crippen LogP contribution in [0.1, 0.15) is 21.5 Å². The minimum atomic E-state index is -0.464. The van der Waals surface area contributed by atoms with Crippen molar-refractivity contribution in [3.63, 3.8) is 0 Å². The molecule has 0 saturated heterocycles. The highest BCUT2D eigenvalue weighted by Gasteiger charge is 2.28. The number of aliphatic hydroxyl groups excluding tert-OH is 1. The van der Waals surface area contributed by atoms with Gasteiger partial charge in [-0.05, 0) is 60.4 Å². The van der Waals surface area contributed by atoms with E-state index in [-0.39, 0.29) is 12.5 Å². The first kappa shape index (κ1) is 26.5. The Kier molecular flexibility index (Phi) is 7.15. The van der Waals surface area contributed by atoms with Crippen LogP contribution in [0.15, 0.2) is 72.9 Å². The van der Waals surface area contributed by atoms with Gasteiger partial charge in [-0.2, -0.15) is 0 Å². The molecule has 3 aromatic carbocycles. The Bertz CT molecular complexity index is 1730. The van der Waals surface area contributed by atoms with Crippen LogP contribution in [0.5, 0.6) is 17.2 Å². The summed E-state index contributed by atoms with van der Waals surface area (Å²) in [6.45, 7) is 0.504. The number of nitrogens with zero attached hydrogens (tertiary/aromatic N) is 1. The predicted octanol–water partition coefficient (Wildman–Crippen LogP) is 5.22. The van der Waals surface area contributed by atoms with Crippen molar-refractivity contribution in [3.05, 3.63) is 89.6 Å². The Labute approximate surface area is 238 Å². The van der Waals surface area contributed by atoms with E-state index in [0.717, 1.165) is 51.0 Å². The van der Waals surface area contributed by atoms with Gasteiger partial charge < -0.3 is 34.2 Å². The highest BCUT2D eigenvalue weighted by atomic mass is 16.5. The van der Waals surface area contributed by atoms with E-state index in [9.17, 15) is 9.90 Å². The fourth-order valence-electron chi connectivity index (χ4n) is 5.85. The summed E-state index contributed by atoms with van der Waals surface area (Å²) in [5.74, 6) is 1.78. The number of hydrogen-bond donors (Lipinski definition) is 3. The van der Waals surface area contributed by atoms with Crippen LogP contribution in [0.4, 0.5) is 0 Å².